The number of hydrogen-bond acceptors (Lipinski definition) is 2. The predicted octanol–water partition coefficient (Wildman–Crippen LogP) is 2.85. The summed E-state index contributed by atoms with van der Waals surface area (Å²) in [6, 6.07) is 4.87. The van der Waals surface area contributed by atoms with Gasteiger partial charge in [0, 0.05) is 17.7 Å². The Balaban J connectivity index is 2.38. The molecule has 0 aromatic heterocycles. The minimum absolute atomic E-state index is 0.142. The average molecular weight is 264 g/mol. The fourth-order valence-corrected chi connectivity index (χ4v) is 2.30. The third-order valence-corrected chi connectivity index (χ3v) is 3.12. The van der Waals surface area contributed by atoms with Crippen LogP contribution in [-0.4, -0.2) is 30.4 Å². The molecule has 1 aliphatic rings. The molecule has 19 heavy (non-hydrogen) atoms. The van der Waals surface area contributed by atoms with E-state index in [-0.39, 0.29) is 17.7 Å². The Morgan fingerprint density at radius 1 is 1.32 bits per heavy atom. The molecule has 104 valence electrons. The average Bonchev–Trinajstić information content (AvgIpc) is 2.69. The molecule has 2 rings (SSSR count). The fourth-order valence-electron chi connectivity index (χ4n) is 2.30. The van der Waals surface area contributed by atoms with Crippen LogP contribution in [0.4, 0.5) is 5.69 Å². The van der Waals surface area contributed by atoms with Crippen molar-refractivity contribution in [2.45, 2.75) is 39.4 Å². The topological polar surface area (TPSA) is 32.3 Å². The van der Waals surface area contributed by atoms with Crippen molar-refractivity contribution in [3.05, 3.63) is 29.3 Å². The third-order valence-electron chi connectivity index (χ3n) is 3.12. The van der Waals surface area contributed by atoms with Crippen LogP contribution in [0.1, 0.15) is 43.3 Å². The van der Waals surface area contributed by atoms with E-state index in [1.807, 2.05) is 0 Å². The molecular formula is C16H24N2O. The highest BCUT2D eigenvalue weighted by atomic mass is 16.1. The summed E-state index contributed by atoms with van der Waals surface area (Å²) in [5.74, 6) is -0.727. The summed E-state index contributed by atoms with van der Waals surface area (Å²) >= 11 is 0. The lowest BCUT2D eigenvalue weighted by molar-refractivity contribution is -0.115. The van der Waals surface area contributed by atoms with Gasteiger partial charge < -0.3 is 10.2 Å². The minimum Gasteiger partial charge on any atom is -0.326 e. The number of carbonyl (C=O) groups excluding carboxylic acids is 1. The summed E-state index contributed by atoms with van der Waals surface area (Å²) in [7, 11) is 0. The molecule has 1 amide bonds. The largest absolute Gasteiger partial charge is 0.326 e. The Bertz CT molecular complexity index is 583. The molecule has 1 aromatic carbocycles. The monoisotopic (exact) mass is 264 g/mol. The number of benzene rings is 1. The Morgan fingerprint density at radius 3 is 2.74 bits per heavy atom. The van der Waals surface area contributed by atoms with Gasteiger partial charge in [-0.25, -0.2) is 0 Å². The molecule has 1 aromatic rings. The van der Waals surface area contributed by atoms with Crippen molar-refractivity contribution in [3.8, 4) is 0 Å². The molecule has 0 saturated carbocycles. The van der Waals surface area contributed by atoms with E-state index in [2.05, 4.69) is 24.1 Å². The molecule has 1 aliphatic heterocycles. The van der Waals surface area contributed by atoms with Gasteiger partial charge in [0.05, 0.1) is 6.37 Å². The Labute approximate surface area is 121 Å². The van der Waals surface area contributed by atoms with Crippen LogP contribution in [0.2, 0.25) is 0 Å². The number of amides is 1. The van der Waals surface area contributed by atoms with Gasteiger partial charge in [0.2, 0.25) is 5.91 Å². The molecule has 0 aliphatic carbocycles. The maximum atomic E-state index is 11.8. The zero-order valence-corrected chi connectivity index (χ0v) is 11.6. The Morgan fingerprint density at radius 2 is 2.05 bits per heavy atom. The SMILES string of the molecule is [2H]C([2H])(CN(CCC)CCC)c1cccc2c1C([2H])([2H])C(=O)N2. The van der Waals surface area contributed by atoms with Crippen molar-refractivity contribution in [1.29, 1.82) is 0 Å². The summed E-state index contributed by atoms with van der Waals surface area (Å²) in [6.45, 7) is 5.90. The first-order chi connectivity index (χ1) is 10.7. The Hall–Kier alpha value is -1.35. The van der Waals surface area contributed by atoms with Gasteiger partial charge in [-0.3, -0.25) is 4.79 Å². The summed E-state index contributed by atoms with van der Waals surface area (Å²) < 4.78 is 33.0. The molecule has 0 bridgehead atoms. The molecule has 0 atom stereocenters. The van der Waals surface area contributed by atoms with Gasteiger partial charge in [-0.15, -0.1) is 0 Å². The molecule has 0 saturated heterocycles. The van der Waals surface area contributed by atoms with E-state index in [1.165, 1.54) is 0 Å². The van der Waals surface area contributed by atoms with E-state index >= 15 is 0 Å². The maximum Gasteiger partial charge on any atom is 0.228 e. The number of carbonyl (C=O) groups is 1. The van der Waals surface area contributed by atoms with E-state index in [0.717, 1.165) is 25.9 Å². The van der Waals surface area contributed by atoms with Gasteiger partial charge in [0.25, 0.3) is 0 Å². The highest BCUT2D eigenvalue weighted by Gasteiger charge is 2.20. The normalized spacial score (nSPS) is 20.3. The van der Waals surface area contributed by atoms with Crippen LogP contribution in [0.25, 0.3) is 0 Å². The lowest BCUT2D eigenvalue weighted by atomic mass is 10.0. The van der Waals surface area contributed by atoms with Gasteiger partial charge in [0.15, 0.2) is 0 Å². The Kier molecular flexibility index (Phi) is 3.37. The number of fused-ring (bicyclic) bond motifs is 1. The van der Waals surface area contributed by atoms with Gasteiger partial charge in [-0.05, 0) is 49.5 Å². The lowest BCUT2D eigenvalue weighted by Gasteiger charge is -2.21. The number of hydrogen-bond donors (Lipinski definition) is 1. The molecule has 3 nitrogen and oxygen atoms in total. The summed E-state index contributed by atoms with van der Waals surface area (Å²) in [5.41, 5.74) is 0.775. The fraction of sp³-hybridized carbons (Fsp3) is 0.562. The van der Waals surface area contributed by atoms with Gasteiger partial charge in [-0.2, -0.15) is 0 Å². The number of nitrogens with zero attached hydrogens (tertiary/aromatic N) is 1. The van der Waals surface area contributed by atoms with E-state index in [9.17, 15) is 4.79 Å². The molecular weight excluding hydrogens is 236 g/mol. The van der Waals surface area contributed by atoms with Crippen LogP contribution in [0.3, 0.4) is 0 Å². The quantitative estimate of drug-likeness (QED) is 0.821. The second-order valence-electron chi connectivity index (χ2n) is 4.76. The molecule has 0 spiro atoms. The van der Waals surface area contributed by atoms with Crippen molar-refractivity contribution in [2.75, 3.05) is 25.0 Å². The number of anilines is 1. The van der Waals surface area contributed by atoms with Crippen molar-refractivity contribution < 1.29 is 10.3 Å². The van der Waals surface area contributed by atoms with E-state index < -0.39 is 18.7 Å². The van der Waals surface area contributed by atoms with E-state index in [4.69, 9.17) is 5.48 Å². The number of rotatable bonds is 7. The summed E-state index contributed by atoms with van der Waals surface area (Å²) in [5, 5.41) is 2.51. The molecule has 0 fully saturated rings. The number of nitrogens with one attached hydrogen (secondary N) is 1. The first-order valence-electron chi connectivity index (χ1n) is 8.91. The van der Waals surface area contributed by atoms with Crippen molar-refractivity contribution in [1.82, 2.24) is 4.90 Å². The highest BCUT2D eigenvalue weighted by Crippen LogP contribution is 2.26. The molecule has 1 N–H and O–H groups in total. The molecule has 3 heteroatoms. The van der Waals surface area contributed by atoms with Crippen LogP contribution in [0.5, 0.6) is 0 Å². The van der Waals surface area contributed by atoms with Crippen LogP contribution < -0.4 is 5.32 Å². The van der Waals surface area contributed by atoms with Gasteiger partial charge in [0.1, 0.15) is 0 Å². The van der Waals surface area contributed by atoms with Crippen LogP contribution in [0.15, 0.2) is 18.2 Å². The zero-order chi connectivity index (χ0) is 17.3. The zero-order valence-electron chi connectivity index (χ0n) is 15.6. The maximum absolute atomic E-state index is 11.8. The molecule has 0 radical (unpaired) electrons. The summed E-state index contributed by atoms with van der Waals surface area (Å²) in [6.07, 6.45) is -2.05. The second-order valence-corrected chi connectivity index (χ2v) is 4.76. The smallest absolute Gasteiger partial charge is 0.228 e. The van der Waals surface area contributed by atoms with Crippen molar-refractivity contribution >= 4 is 11.6 Å². The lowest BCUT2D eigenvalue weighted by Crippen LogP contribution is -2.28. The third kappa shape index (κ3) is 3.57. The first kappa shape index (κ1) is 9.54. The highest BCUT2D eigenvalue weighted by molar-refractivity contribution is 5.99. The minimum atomic E-state index is -2.19. The van der Waals surface area contributed by atoms with Crippen LogP contribution in [-0.2, 0) is 17.5 Å². The predicted molar refractivity (Wildman–Crippen MR) is 79.5 cm³/mol. The standard InChI is InChI=1S/C16H24N2O/c1-3-9-18(10-4-2)11-8-13-6-5-7-15-14(13)12-16(19)17-15/h5-7H,3-4,8-12H2,1-2H3,(H,17,19)/i8D2,12D2. The van der Waals surface area contributed by atoms with Gasteiger partial charge >= 0.3 is 0 Å². The molecule has 1 heterocycles. The first-order valence-corrected chi connectivity index (χ1v) is 6.91. The van der Waals surface area contributed by atoms with E-state index in [1.54, 1.807) is 18.2 Å². The summed E-state index contributed by atoms with van der Waals surface area (Å²) in [4.78, 5) is 13.9. The van der Waals surface area contributed by atoms with Crippen LogP contribution in [0, 0.1) is 0 Å². The van der Waals surface area contributed by atoms with Crippen molar-refractivity contribution in [2.24, 2.45) is 0 Å². The van der Waals surface area contributed by atoms with Crippen molar-refractivity contribution in [3.63, 3.8) is 0 Å². The van der Waals surface area contributed by atoms with Gasteiger partial charge in [-0.1, -0.05) is 26.0 Å². The van der Waals surface area contributed by atoms with Crippen LogP contribution >= 0.6 is 0 Å². The second kappa shape index (κ2) is 6.71. The van der Waals surface area contributed by atoms with E-state index in [0.29, 0.717) is 5.69 Å². The molecule has 0 unspecified atom stereocenters.